The molecule has 2 aliphatic rings. The first kappa shape index (κ1) is 15.8. The second-order valence-electron chi connectivity index (χ2n) is 7.04. The van der Waals surface area contributed by atoms with Crippen LogP contribution in [0.25, 0.3) is 0 Å². The molecule has 0 bridgehead atoms. The minimum Gasteiger partial charge on any atom is -0.423 e. The standard InChI is InChI=1S/C15H23N3O3S/c1-9(19)18-8-22-7-11(18)14-17-16-13(21-14)10-5-6-20-12(10)15(2,3)4/h10-12H,5-8H2,1-4H3/t10-,11-,12-/m0/s1. The predicted octanol–water partition coefficient (Wildman–Crippen LogP) is 2.58. The van der Waals surface area contributed by atoms with Crippen LogP contribution in [0.5, 0.6) is 0 Å². The fraction of sp³-hybridized carbons (Fsp3) is 0.800. The monoisotopic (exact) mass is 325 g/mol. The van der Waals surface area contributed by atoms with E-state index in [1.54, 1.807) is 23.6 Å². The number of rotatable bonds is 2. The van der Waals surface area contributed by atoms with Crippen molar-refractivity contribution in [3.63, 3.8) is 0 Å². The first-order valence-corrected chi connectivity index (χ1v) is 8.83. The van der Waals surface area contributed by atoms with Gasteiger partial charge in [-0.3, -0.25) is 4.79 Å². The molecule has 3 atom stereocenters. The minimum atomic E-state index is -0.0980. The maximum atomic E-state index is 11.7. The third-order valence-corrected chi connectivity index (χ3v) is 5.30. The van der Waals surface area contributed by atoms with Gasteiger partial charge < -0.3 is 14.1 Å². The van der Waals surface area contributed by atoms with Gasteiger partial charge in [0.15, 0.2) is 0 Å². The molecule has 2 saturated heterocycles. The van der Waals surface area contributed by atoms with Gasteiger partial charge in [0.2, 0.25) is 17.7 Å². The number of carbonyl (C=O) groups is 1. The van der Waals surface area contributed by atoms with Crippen LogP contribution in [0.3, 0.4) is 0 Å². The van der Waals surface area contributed by atoms with Crippen molar-refractivity contribution in [3.8, 4) is 0 Å². The van der Waals surface area contributed by atoms with Crippen LogP contribution >= 0.6 is 11.8 Å². The second-order valence-corrected chi connectivity index (χ2v) is 8.04. The van der Waals surface area contributed by atoms with Crippen molar-refractivity contribution < 1.29 is 13.9 Å². The summed E-state index contributed by atoms with van der Waals surface area (Å²) in [5, 5.41) is 8.47. The van der Waals surface area contributed by atoms with Gasteiger partial charge in [-0.15, -0.1) is 22.0 Å². The quantitative estimate of drug-likeness (QED) is 0.832. The molecule has 1 aromatic rings. The van der Waals surface area contributed by atoms with Crippen molar-refractivity contribution in [2.75, 3.05) is 18.2 Å². The maximum Gasteiger partial charge on any atom is 0.239 e. The fourth-order valence-corrected chi connectivity index (χ4v) is 4.39. The Labute approximate surface area is 135 Å². The van der Waals surface area contributed by atoms with Crippen LogP contribution in [0.4, 0.5) is 0 Å². The molecule has 0 N–H and O–H groups in total. The summed E-state index contributed by atoms with van der Waals surface area (Å²) in [7, 11) is 0. The molecule has 0 aromatic carbocycles. The van der Waals surface area contributed by atoms with Crippen LogP contribution < -0.4 is 0 Å². The van der Waals surface area contributed by atoms with E-state index in [0.717, 1.165) is 18.8 Å². The Morgan fingerprint density at radius 1 is 1.32 bits per heavy atom. The lowest BCUT2D eigenvalue weighted by Crippen LogP contribution is -2.30. The second kappa shape index (κ2) is 5.85. The zero-order chi connectivity index (χ0) is 15.9. The summed E-state index contributed by atoms with van der Waals surface area (Å²) >= 11 is 1.71. The van der Waals surface area contributed by atoms with Crippen molar-refractivity contribution in [2.45, 2.75) is 52.2 Å². The van der Waals surface area contributed by atoms with Crippen molar-refractivity contribution in [2.24, 2.45) is 5.41 Å². The summed E-state index contributed by atoms with van der Waals surface area (Å²) < 4.78 is 11.8. The normalized spacial score (nSPS) is 29.3. The summed E-state index contributed by atoms with van der Waals surface area (Å²) in [6.07, 6.45) is 0.988. The molecule has 0 unspecified atom stereocenters. The molecular weight excluding hydrogens is 302 g/mol. The highest BCUT2D eigenvalue weighted by atomic mass is 32.2. The Kier molecular flexibility index (Phi) is 4.20. The first-order valence-electron chi connectivity index (χ1n) is 7.68. The Bertz CT molecular complexity index is 554. The van der Waals surface area contributed by atoms with Crippen LogP contribution in [0.2, 0.25) is 0 Å². The molecule has 2 aliphatic heterocycles. The number of hydrogen-bond donors (Lipinski definition) is 0. The molecule has 0 radical (unpaired) electrons. The topological polar surface area (TPSA) is 68.5 Å². The zero-order valence-corrected chi connectivity index (χ0v) is 14.4. The Hall–Kier alpha value is -1.08. The lowest BCUT2D eigenvalue weighted by atomic mass is 9.81. The number of ether oxygens (including phenoxy) is 1. The van der Waals surface area contributed by atoms with E-state index < -0.39 is 0 Å². The number of carbonyl (C=O) groups excluding carboxylic acids is 1. The van der Waals surface area contributed by atoms with E-state index in [2.05, 4.69) is 31.0 Å². The molecule has 0 spiro atoms. The molecular formula is C15H23N3O3S. The van der Waals surface area contributed by atoms with Crippen LogP contribution in [-0.2, 0) is 9.53 Å². The number of thioether (sulfide) groups is 1. The van der Waals surface area contributed by atoms with Gasteiger partial charge in [-0.1, -0.05) is 20.8 Å². The van der Waals surface area contributed by atoms with Crippen LogP contribution in [0.1, 0.15) is 57.9 Å². The average Bonchev–Trinajstić information content (AvgIpc) is 3.17. The van der Waals surface area contributed by atoms with Crippen LogP contribution in [0, 0.1) is 5.41 Å². The molecule has 122 valence electrons. The summed E-state index contributed by atoms with van der Waals surface area (Å²) in [4.78, 5) is 13.5. The van der Waals surface area contributed by atoms with Crippen molar-refractivity contribution in [1.82, 2.24) is 15.1 Å². The van der Waals surface area contributed by atoms with Gasteiger partial charge in [-0.25, -0.2) is 0 Å². The predicted molar refractivity (Wildman–Crippen MR) is 83.4 cm³/mol. The Morgan fingerprint density at radius 2 is 2.05 bits per heavy atom. The van der Waals surface area contributed by atoms with E-state index in [1.807, 2.05) is 0 Å². The molecule has 1 aromatic heterocycles. The maximum absolute atomic E-state index is 11.7. The molecule has 6 nitrogen and oxygen atoms in total. The SMILES string of the molecule is CC(=O)N1CSC[C@H]1c1nnc([C@H]2CCO[C@@H]2C(C)(C)C)o1. The summed E-state index contributed by atoms with van der Waals surface area (Å²) in [5.74, 6) is 2.88. The number of aromatic nitrogens is 2. The zero-order valence-electron chi connectivity index (χ0n) is 13.5. The molecule has 7 heteroatoms. The molecule has 2 fully saturated rings. The van der Waals surface area contributed by atoms with E-state index in [0.29, 0.717) is 17.7 Å². The third-order valence-electron chi connectivity index (χ3n) is 4.29. The highest BCUT2D eigenvalue weighted by Crippen LogP contribution is 2.41. The summed E-state index contributed by atoms with van der Waals surface area (Å²) in [5.41, 5.74) is 0.0322. The van der Waals surface area contributed by atoms with E-state index in [4.69, 9.17) is 9.15 Å². The lowest BCUT2D eigenvalue weighted by Gasteiger charge is -2.29. The molecule has 22 heavy (non-hydrogen) atoms. The number of hydrogen-bond acceptors (Lipinski definition) is 6. The number of amides is 1. The molecule has 0 saturated carbocycles. The van der Waals surface area contributed by atoms with Crippen molar-refractivity contribution in [1.29, 1.82) is 0 Å². The molecule has 1 amide bonds. The highest BCUT2D eigenvalue weighted by Gasteiger charge is 2.42. The van der Waals surface area contributed by atoms with Gasteiger partial charge in [0.1, 0.15) is 6.04 Å². The van der Waals surface area contributed by atoms with Gasteiger partial charge >= 0.3 is 0 Å². The van der Waals surface area contributed by atoms with E-state index >= 15 is 0 Å². The van der Waals surface area contributed by atoms with Crippen molar-refractivity contribution >= 4 is 17.7 Å². The smallest absolute Gasteiger partial charge is 0.239 e. The largest absolute Gasteiger partial charge is 0.423 e. The lowest BCUT2D eigenvalue weighted by molar-refractivity contribution is -0.129. The Morgan fingerprint density at radius 3 is 2.73 bits per heavy atom. The van der Waals surface area contributed by atoms with Gasteiger partial charge in [0.25, 0.3) is 0 Å². The molecule has 3 rings (SSSR count). The van der Waals surface area contributed by atoms with Gasteiger partial charge in [-0.2, -0.15) is 0 Å². The first-order chi connectivity index (χ1) is 10.4. The van der Waals surface area contributed by atoms with E-state index in [9.17, 15) is 4.79 Å². The Balaban J connectivity index is 1.80. The minimum absolute atomic E-state index is 0.0322. The third kappa shape index (κ3) is 2.88. The average molecular weight is 325 g/mol. The molecule has 3 heterocycles. The summed E-state index contributed by atoms with van der Waals surface area (Å²) in [6, 6.07) is -0.0980. The highest BCUT2D eigenvalue weighted by molar-refractivity contribution is 7.99. The summed E-state index contributed by atoms with van der Waals surface area (Å²) in [6.45, 7) is 8.80. The van der Waals surface area contributed by atoms with Crippen LogP contribution in [0.15, 0.2) is 4.42 Å². The van der Waals surface area contributed by atoms with E-state index in [1.165, 1.54) is 0 Å². The molecule has 0 aliphatic carbocycles. The van der Waals surface area contributed by atoms with Crippen molar-refractivity contribution in [3.05, 3.63) is 11.8 Å². The van der Waals surface area contributed by atoms with Gasteiger partial charge in [0, 0.05) is 19.3 Å². The number of nitrogens with zero attached hydrogens (tertiary/aromatic N) is 3. The van der Waals surface area contributed by atoms with Crippen LogP contribution in [-0.4, -0.2) is 45.3 Å². The van der Waals surface area contributed by atoms with Gasteiger partial charge in [0.05, 0.1) is 17.9 Å². The van der Waals surface area contributed by atoms with Gasteiger partial charge in [-0.05, 0) is 11.8 Å². The van der Waals surface area contributed by atoms with E-state index in [-0.39, 0.29) is 29.4 Å². The fourth-order valence-electron chi connectivity index (χ4n) is 3.18.